The van der Waals surface area contributed by atoms with Crippen LogP contribution in [-0.4, -0.2) is 48.6 Å². The van der Waals surface area contributed by atoms with Gasteiger partial charge in [0.25, 0.3) is 0 Å². The molecule has 0 spiro atoms. The fraction of sp³-hybridized carbons (Fsp3) is 1.00. The molecule has 2 fully saturated rings. The van der Waals surface area contributed by atoms with E-state index in [0.29, 0.717) is 0 Å². The van der Waals surface area contributed by atoms with Crippen molar-refractivity contribution in [1.29, 1.82) is 0 Å². The smallest absolute Gasteiger partial charge is 0.0113 e. The molecule has 2 nitrogen and oxygen atoms in total. The summed E-state index contributed by atoms with van der Waals surface area (Å²) in [5.74, 6) is 1.90. The lowest BCUT2D eigenvalue weighted by Gasteiger charge is -2.42. The molecular weight excluding hydrogens is 268 g/mol. The van der Waals surface area contributed by atoms with Crippen LogP contribution in [0.5, 0.6) is 0 Å². The predicted octanol–water partition coefficient (Wildman–Crippen LogP) is 5.04. The third kappa shape index (κ3) is 6.58. The average molecular weight is 311 g/mol. The first kappa shape index (κ1) is 20.0. The van der Waals surface area contributed by atoms with Crippen molar-refractivity contribution >= 4 is 0 Å². The molecule has 22 heavy (non-hydrogen) atoms. The molecule has 2 heteroatoms. The molecule has 0 radical (unpaired) electrons. The quantitative estimate of drug-likeness (QED) is 0.634. The highest BCUT2D eigenvalue weighted by atomic mass is 15.3. The summed E-state index contributed by atoms with van der Waals surface area (Å²) in [5.41, 5.74) is 0. The summed E-state index contributed by atoms with van der Waals surface area (Å²) < 4.78 is 0. The molecule has 2 rings (SSSR count). The van der Waals surface area contributed by atoms with Gasteiger partial charge in [0, 0.05) is 32.2 Å². The van der Waals surface area contributed by atoms with Crippen LogP contribution in [0.15, 0.2) is 0 Å². The van der Waals surface area contributed by atoms with Gasteiger partial charge in [-0.1, -0.05) is 47.5 Å². The van der Waals surface area contributed by atoms with Gasteiger partial charge in [-0.3, -0.25) is 4.90 Å². The molecule has 0 aromatic heterocycles. The van der Waals surface area contributed by atoms with Crippen molar-refractivity contribution in [3.8, 4) is 0 Å². The standard InChI is InChI=1S/C18H36N2.C2H6/c1-4-5-6-11-19-12-14-20(15-13-19)18-9-7-17(8-10-18)16(2)3;1-2/h16-18H,4-15H2,1-3H3;1-2H3. The van der Waals surface area contributed by atoms with Gasteiger partial charge >= 0.3 is 0 Å². The van der Waals surface area contributed by atoms with Gasteiger partial charge in [0.15, 0.2) is 0 Å². The number of nitrogens with zero attached hydrogens (tertiary/aromatic N) is 2. The number of hydrogen-bond donors (Lipinski definition) is 0. The van der Waals surface area contributed by atoms with E-state index < -0.39 is 0 Å². The van der Waals surface area contributed by atoms with Crippen molar-refractivity contribution in [2.24, 2.45) is 11.8 Å². The fourth-order valence-electron chi connectivity index (χ4n) is 4.07. The van der Waals surface area contributed by atoms with Crippen molar-refractivity contribution in [1.82, 2.24) is 9.80 Å². The minimum atomic E-state index is 0.895. The summed E-state index contributed by atoms with van der Waals surface area (Å²) in [6.07, 6.45) is 10.0. The second kappa shape index (κ2) is 11.5. The van der Waals surface area contributed by atoms with Crippen molar-refractivity contribution in [2.75, 3.05) is 32.7 Å². The Balaban J connectivity index is 0.00000116. The molecule has 0 aromatic carbocycles. The van der Waals surface area contributed by atoms with E-state index in [2.05, 4.69) is 30.6 Å². The molecule has 0 aromatic rings. The van der Waals surface area contributed by atoms with E-state index in [1.165, 1.54) is 77.7 Å². The molecular formula is C20H42N2. The lowest BCUT2D eigenvalue weighted by molar-refractivity contribution is 0.0649. The highest BCUT2D eigenvalue weighted by Gasteiger charge is 2.28. The van der Waals surface area contributed by atoms with Gasteiger partial charge in [0.1, 0.15) is 0 Å². The summed E-state index contributed by atoms with van der Waals surface area (Å²) in [6.45, 7) is 17.7. The summed E-state index contributed by atoms with van der Waals surface area (Å²) >= 11 is 0. The van der Waals surface area contributed by atoms with Crippen LogP contribution in [0.25, 0.3) is 0 Å². The lowest BCUT2D eigenvalue weighted by Crippen LogP contribution is -2.51. The third-order valence-corrected chi connectivity index (χ3v) is 5.69. The summed E-state index contributed by atoms with van der Waals surface area (Å²) in [7, 11) is 0. The van der Waals surface area contributed by atoms with Gasteiger partial charge in [-0.05, 0) is 50.5 Å². The van der Waals surface area contributed by atoms with Crippen LogP contribution in [0.1, 0.15) is 79.6 Å². The van der Waals surface area contributed by atoms with Gasteiger partial charge in [0.05, 0.1) is 0 Å². The Morgan fingerprint density at radius 1 is 0.864 bits per heavy atom. The summed E-state index contributed by atoms with van der Waals surface area (Å²) in [4.78, 5) is 5.48. The van der Waals surface area contributed by atoms with E-state index in [1.54, 1.807) is 0 Å². The van der Waals surface area contributed by atoms with Crippen molar-refractivity contribution < 1.29 is 0 Å². The second-order valence-electron chi connectivity index (χ2n) is 7.40. The zero-order valence-electron chi connectivity index (χ0n) is 16.1. The molecule has 0 N–H and O–H groups in total. The molecule has 1 saturated carbocycles. The summed E-state index contributed by atoms with van der Waals surface area (Å²) in [6, 6.07) is 0.905. The largest absolute Gasteiger partial charge is 0.301 e. The molecule has 132 valence electrons. The van der Waals surface area contributed by atoms with E-state index in [4.69, 9.17) is 0 Å². The first-order valence-electron chi connectivity index (χ1n) is 10.2. The van der Waals surface area contributed by atoms with Gasteiger partial charge < -0.3 is 4.90 Å². The van der Waals surface area contributed by atoms with Crippen LogP contribution >= 0.6 is 0 Å². The van der Waals surface area contributed by atoms with Crippen LogP contribution in [0, 0.1) is 11.8 Å². The van der Waals surface area contributed by atoms with Crippen molar-refractivity contribution in [2.45, 2.75) is 85.6 Å². The van der Waals surface area contributed by atoms with Gasteiger partial charge in [-0.15, -0.1) is 0 Å². The molecule has 0 amide bonds. The topological polar surface area (TPSA) is 6.48 Å². The van der Waals surface area contributed by atoms with Crippen LogP contribution in [0.3, 0.4) is 0 Å². The second-order valence-corrected chi connectivity index (χ2v) is 7.40. The minimum absolute atomic E-state index is 0.895. The normalized spacial score (nSPS) is 27.5. The molecule has 0 atom stereocenters. The lowest BCUT2D eigenvalue weighted by atomic mass is 9.79. The van der Waals surface area contributed by atoms with E-state index in [0.717, 1.165) is 17.9 Å². The van der Waals surface area contributed by atoms with Crippen LogP contribution in [-0.2, 0) is 0 Å². The van der Waals surface area contributed by atoms with Crippen molar-refractivity contribution in [3.63, 3.8) is 0 Å². The highest BCUT2D eigenvalue weighted by Crippen LogP contribution is 2.32. The van der Waals surface area contributed by atoms with E-state index in [-0.39, 0.29) is 0 Å². The van der Waals surface area contributed by atoms with Crippen LogP contribution < -0.4 is 0 Å². The molecule has 0 bridgehead atoms. The van der Waals surface area contributed by atoms with Gasteiger partial charge in [0.2, 0.25) is 0 Å². The third-order valence-electron chi connectivity index (χ3n) is 5.69. The zero-order chi connectivity index (χ0) is 16.4. The predicted molar refractivity (Wildman–Crippen MR) is 99.5 cm³/mol. The Hall–Kier alpha value is -0.0800. The zero-order valence-corrected chi connectivity index (χ0v) is 16.1. The first-order chi connectivity index (χ1) is 10.7. The van der Waals surface area contributed by atoms with Crippen molar-refractivity contribution in [3.05, 3.63) is 0 Å². The Morgan fingerprint density at radius 2 is 1.45 bits per heavy atom. The number of hydrogen-bond acceptors (Lipinski definition) is 2. The molecule has 0 unspecified atom stereocenters. The van der Waals surface area contributed by atoms with Gasteiger partial charge in [-0.2, -0.15) is 0 Å². The molecule has 1 aliphatic heterocycles. The average Bonchev–Trinajstić information content (AvgIpc) is 2.58. The maximum Gasteiger partial charge on any atom is 0.0113 e. The maximum atomic E-state index is 2.80. The SMILES string of the molecule is CC.CCCCCN1CCN(C2CCC(C(C)C)CC2)CC1. The first-order valence-corrected chi connectivity index (χ1v) is 10.2. The monoisotopic (exact) mass is 310 g/mol. The molecule has 1 heterocycles. The number of piperazine rings is 1. The fourth-order valence-corrected chi connectivity index (χ4v) is 4.07. The molecule has 1 aliphatic carbocycles. The van der Waals surface area contributed by atoms with E-state index >= 15 is 0 Å². The minimum Gasteiger partial charge on any atom is -0.301 e. The Morgan fingerprint density at radius 3 is 1.95 bits per heavy atom. The molecule has 2 aliphatic rings. The van der Waals surface area contributed by atoms with E-state index in [1.807, 2.05) is 13.8 Å². The van der Waals surface area contributed by atoms with Crippen LogP contribution in [0.2, 0.25) is 0 Å². The van der Waals surface area contributed by atoms with E-state index in [9.17, 15) is 0 Å². The van der Waals surface area contributed by atoms with Crippen LogP contribution in [0.4, 0.5) is 0 Å². The Labute approximate surface area is 140 Å². The molecule has 1 saturated heterocycles. The Bertz CT molecular complexity index is 248. The maximum absolute atomic E-state index is 2.80. The highest BCUT2D eigenvalue weighted by molar-refractivity contribution is 4.84. The number of rotatable bonds is 6. The Kier molecular flexibility index (Phi) is 10.4. The summed E-state index contributed by atoms with van der Waals surface area (Å²) in [5, 5.41) is 0. The van der Waals surface area contributed by atoms with Gasteiger partial charge in [-0.25, -0.2) is 0 Å². The number of unbranched alkanes of at least 4 members (excludes halogenated alkanes) is 2.